The fraction of sp³-hybridized carbons (Fsp3) is 0.500. The number of aromatic nitrogens is 2. The van der Waals surface area contributed by atoms with Crippen molar-refractivity contribution in [3.8, 4) is 6.07 Å². The number of hydrogen-bond acceptors (Lipinski definition) is 1. The van der Waals surface area contributed by atoms with E-state index in [1.165, 1.54) is 11.0 Å². The monoisotopic (exact) mass is 335 g/mol. The third kappa shape index (κ3) is 3.40. The molecule has 0 spiro atoms. The van der Waals surface area contributed by atoms with Gasteiger partial charge < -0.3 is 17.0 Å². The molecule has 1 unspecified atom stereocenters. The topological polar surface area (TPSA) is 32.6 Å². The zero-order valence-corrected chi connectivity index (χ0v) is 13.8. The zero-order chi connectivity index (χ0) is 13.7. The van der Waals surface area contributed by atoms with Crippen LogP contribution in [0.15, 0.2) is 30.6 Å². The Morgan fingerprint density at radius 2 is 2.00 bits per heavy atom. The molecule has 0 aliphatic carbocycles. The molecule has 1 heterocycles. The molecule has 0 bridgehead atoms. The lowest BCUT2D eigenvalue weighted by Crippen LogP contribution is -3.00. The van der Waals surface area contributed by atoms with Crippen molar-refractivity contribution >= 4 is 11.0 Å². The molecule has 108 valence electrons. The molecule has 1 aromatic heterocycles. The normalized spacial score (nSPS) is 11.8. The van der Waals surface area contributed by atoms with Gasteiger partial charge in [-0.25, -0.2) is 9.13 Å². The Kier molecular flexibility index (Phi) is 6.74. The molecular weight excluding hydrogens is 314 g/mol. The van der Waals surface area contributed by atoms with Crippen molar-refractivity contribution in [1.82, 2.24) is 4.57 Å². The third-order valence-electron chi connectivity index (χ3n) is 3.51. The Balaban J connectivity index is 0.00000200. The Morgan fingerprint density at radius 1 is 1.25 bits per heavy atom. The van der Waals surface area contributed by atoms with Gasteiger partial charge in [-0.15, -0.1) is 0 Å². The molecule has 0 N–H and O–H groups in total. The molecule has 2 aromatic rings. The van der Waals surface area contributed by atoms with E-state index in [9.17, 15) is 5.26 Å². The van der Waals surface area contributed by atoms with E-state index in [1.54, 1.807) is 0 Å². The molecule has 0 aliphatic heterocycles. The van der Waals surface area contributed by atoms with Crippen LogP contribution in [-0.4, -0.2) is 4.57 Å². The summed E-state index contributed by atoms with van der Waals surface area (Å²) in [5.41, 5.74) is 2.39. The van der Waals surface area contributed by atoms with Gasteiger partial charge in [0.2, 0.25) is 6.33 Å². The second kappa shape index (κ2) is 8.06. The zero-order valence-electron chi connectivity index (χ0n) is 12.2. The van der Waals surface area contributed by atoms with Gasteiger partial charge in [-0.2, -0.15) is 5.26 Å². The van der Waals surface area contributed by atoms with E-state index in [-0.39, 0.29) is 23.0 Å². The first-order chi connectivity index (χ1) is 9.31. The first-order valence-corrected chi connectivity index (χ1v) is 7.20. The van der Waals surface area contributed by atoms with Crippen LogP contribution < -0.4 is 21.5 Å². The minimum Gasteiger partial charge on any atom is -1.00 e. The van der Waals surface area contributed by atoms with Gasteiger partial charge in [0.05, 0.1) is 6.54 Å². The van der Waals surface area contributed by atoms with Crippen LogP contribution >= 0.6 is 0 Å². The molecule has 3 nitrogen and oxygen atoms in total. The molecule has 1 atom stereocenters. The van der Waals surface area contributed by atoms with E-state index in [4.69, 9.17) is 0 Å². The van der Waals surface area contributed by atoms with Crippen LogP contribution in [0, 0.1) is 11.3 Å². The molecule has 0 aliphatic rings. The summed E-state index contributed by atoms with van der Waals surface area (Å²) < 4.78 is 4.40. The number of aryl methyl sites for hydroxylation is 1. The summed E-state index contributed by atoms with van der Waals surface area (Å²) in [6, 6.07) is 10.7. The summed E-state index contributed by atoms with van der Waals surface area (Å²) in [5.74, 6) is 0. The summed E-state index contributed by atoms with van der Waals surface area (Å²) in [7, 11) is 0. The van der Waals surface area contributed by atoms with Gasteiger partial charge in [0.25, 0.3) is 0 Å². The standard InChI is InChI=1S/C16H22N3.BrH/c1-3-5-8-14(12-17)19-13-18(11-4-2)15-9-6-7-10-16(15)19;/h6-7,9-10,13-14H,3-5,8,11H2,1-2H3;1H/q+1;/p-1. The van der Waals surface area contributed by atoms with E-state index in [1.807, 2.05) is 6.07 Å². The average molecular weight is 336 g/mol. The van der Waals surface area contributed by atoms with Crippen LogP contribution in [0.25, 0.3) is 11.0 Å². The predicted octanol–water partition coefficient (Wildman–Crippen LogP) is 0.598. The lowest BCUT2D eigenvalue weighted by atomic mass is 10.1. The number of hydrogen-bond donors (Lipinski definition) is 0. The third-order valence-corrected chi connectivity index (χ3v) is 3.51. The van der Waals surface area contributed by atoms with Crippen molar-refractivity contribution in [2.75, 3.05) is 0 Å². The molecule has 0 saturated heterocycles. The van der Waals surface area contributed by atoms with E-state index >= 15 is 0 Å². The lowest BCUT2D eigenvalue weighted by Gasteiger charge is -2.04. The highest BCUT2D eigenvalue weighted by molar-refractivity contribution is 5.71. The summed E-state index contributed by atoms with van der Waals surface area (Å²) in [5, 5.41) is 9.42. The van der Waals surface area contributed by atoms with Crippen LogP contribution in [0.2, 0.25) is 0 Å². The molecule has 0 fully saturated rings. The van der Waals surface area contributed by atoms with Gasteiger partial charge in [0.1, 0.15) is 6.07 Å². The first-order valence-electron chi connectivity index (χ1n) is 7.20. The predicted molar refractivity (Wildman–Crippen MR) is 76.6 cm³/mol. The number of rotatable bonds is 6. The smallest absolute Gasteiger partial charge is 0.245 e. The summed E-state index contributed by atoms with van der Waals surface area (Å²) in [4.78, 5) is 0. The SMILES string of the molecule is CCCCC(C#N)n1c[n+](CCC)c2ccccc21.[Br-]. The van der Waals surface area contributed by atoms with Gasteiger partial charge in [-0.1, -0.05) is 32.4 Å². The quantitative estimate of drug-likeness (QED) is 0.711. The Morgan fingerprint density at radius 3 is 2.65 bits per heavy atom. The summed E-state index contributed by atoms with van der Waals surface area (Å²) in [6.45, 7) is 5.34. The van der Waals surface area contributed by atoms with Crippen molar-refractivity contribution in [1.29, 1.82) is 5.26 Å². The molecule has 0 amide bonds. The number of benzene rings is 1. The van der Waals surface area contributed by atoms with Gasteiger partial charge in [0, 0.05) is 6.42 Å². The van der Waals surface area contributed by atoms with Gasteiger partial charge in [-0.05, 0) is 25.0 Å². The van der Waals surface area contributed by atoms with E-state index < -0.39 is 0 Å². The first kappa shape index (κ1) is 16.7. The maximum Gasteiger partial charge on any atom is 0.245 e. The van der Waals surface area contributed by atoms with E-state index in [0.717, 1.165) is 32.2 Å². The Labute approximate surface area is 131 Å². The lowest BCUT2D eigenvalue weighted by molar-refractivity contribution is -0.672. The van der Waals surface area contributed by atoms with Crippen molar-refractivity contribution in [2.45, 2.75) is 52.1 Å². The van der Waals surface area contributed by atoms with E-state index in [2.05, 4.69) is 53.6 Å². The van der Waals surface area contributed by atoms with Crippen molar-refractivity contribution < 1.29 is 21.5 Å². The Bertz CT molecular complexity index is 583. The molecular formula is C16H22BrN3. The molecule has 2 rings (SSSR count). The van der Waals surface area contributed by atoms with Crippen LogP contribution in [0.1, 0.15) is 45.6 Å². The number of fused-ring (bicyclic) bond motifs is 1. The number of unbranched alkanes of at least 4 members (excludes halogenated alkanes) is 1. The van der Waals surface area contributed by atoms with Crippen LogP contribution in [0.3, 0.4) is 0 Å². The maximum absolute atomic E-state index is 9.42. The fourth-order valence-corrected chi connectivity index (χ4v) is 2.53. The largest absolute Gasteiger partial charge is 1.00 e. The van der Waals surface area contributed by atoms with Gasteiger partial charge >= 0.3 is 0 Å². The van der Waals surface area contributed by atoms with Crippen LogP contribution in [0.5, 0.6) is 0 Å². The van der Waals surface area contributed by atoms with Gasteiger partial charge in [-0.3, -0.25) is 0 Å². The summed E-state index contributed by atoms with van der Waals surface area (Å²) >= 11 is 0. The second-order valence-corrected chi connectivity index (χ2v) is 4.99. The molecule has 0 radical (unpaired) electrons. The molecule has 1 aromatic carbocycles. The fourth-order valence-electron chi connectivity index (χ4n) is 2.53. The second-order valence-electron chi connectivity index (χ2n) is 4.99. The number of halogens is 1. The Hall–Kier alpha value is -1.34. The van der Waals surface area contributed by atoms with Crippen molar-refractivity contribution in [3.05, 3.63) is 30.6 Å². The summed E-state index contributed by atoms with van der Waals surface area (Å²) in [6.07, 6.45) is 6.37. The van der Waals surface area contributed by atoms with Crippen molar-refractivity contribution in [2.24, 2.45) is 0 Å². The molecule has 4 heteroatoms. The highest BCUT2D eigenvalue weighted by Crippen LogP contribution is 2.20. The van der Waals surface area contributed by atoms with Gasteiger partial charge in [0.15, 0.2) is 17.1 Å². The molecule has 0 saturated carbocycles. The van der Waals surface area contributed by atoms with Crippen LogP contribution in [0.4, 0.5) is 0 Å². The number of nitrogens with zero attached hydrogens (tertiary/aromatic N) is 3. The van der Waals surface area contributed by atoms with E-state index in [0.29, 0.717) is 0 Å². The average Bonchev–Trinajstić information content (AvgIpc) is 2.80. The minimum absolute atomic E-state index is 0. The minimum atomic E-state index is -0.0528. The maximum atomic E-state index is 9.42. The highest BCUT2D eigenvalue weighted by atomic mass is 79.9. The van der Waals surface area contributed by atoms with Crippen LogP contribution in [-0.2, 0) is 6.54 Å². The highest BCUT2D eigenvalue weighted by Gasteiger charge is 2.21. The number of para-hydroxylation sites is 2. The number of imidazole rings is 1. The molecule has 20 heavy (non-hydrogen) atoms. The van der Waals surface area contributed by atoms with Crippen molar-refractivity contribution in [3.63, 3.8) is 0 Å². The number of nitriles is 1.